The summed E-state index contributed by atoms with van der Waals surface area (Å²) in [6.07, 6.45) is 1.36. The molecule has 0 aliphatic carbocycles. The Balaban J connectivity index is 2.22. The Labute approximate surface area is 103 Å². The zero-order valence-electron chi connectivity index (χ0n) is 9.62. The van der Waals surface area contributed by atoms with Crippen LogP contribution < -0.4 is 10.1 Å². The highest BCUT2D eigenvalue weighted by Gasteiger charge is 2.04. The highest BCUT2D eigenvalue weighted by atomic mass is 16.5. The number of hydrogen-bond acceptors (Lipinski definition) is 5. The molecule has 0 saturated carbocycles. The zero-order chi connectivity index (χ0) is 13.0. The number of carboxylic acid groups (broad SMARTS) is 1. The van der Waals surface area contributed by atoms with Crippen LogP contribution in [0.15, 0.2) is 36.7 Å². The maximum Gasteiger partial charge on any atom is 0.335 e. The molecule has 0 saturated heterocycles. The van der Waals surface area contributed by atoms with E-state index in [2.05, 4.69) is 15.3 Å². The van der Waals surface area contributed by atoms with Crippen LogP contribution in [0.1, 0.15) is 10.4 Å². The molecule has 2 aromatic rings. The van der Waals surface area contributed by atoms with Gasteiger partial charge >= 0.3 is 5.97 Å². The fourth-order valence-corrected chi connectivity index (χ4v) is 1.40. The molecular weight excluding hydrogens is 234 g/mol. The van der Waals surface area contributed by atoms with Crippen LogP contribution in [-0.2, 0) is 0 Å². The Bertz CT molecular complexity index is 572. The number of methoxy groups -OCH3 is 1. The smallest absolute Gasteiger partial charge is 0.335 e. The lowest BCUT2D eigenvalue weighted by Gasteiger charge is -2.06. The summed E-state index contributed by atoms with van der Waals surface area (Å²) in [6.45, 7) is 0. The van der Waals surface area contributed by atoms with E-state index in [9.17, 15) is 4.79 Å². The monoisotopic (exact) mass is 245 g/mol. The molecule has 2 rings (SSSR count). The number of nitrogens with zero attached hydrogens (tertiary/aromatic N) is 2. The molecule has 6 nitrogen and oxygen atoms in total. The summed E-state index contributed by atoms with van der Waals surface area (Å²) >= 11 is 0. The topological polar surface area (TPSA) is 84.3 Å². The second-order valence-electron chi connectivity index (χ2n) is 3.46. The van der Waals surface area contributed by atoms with Gasteiger partial charge in [-0.2, -0.15) is 0 Å². The van der Waals surface area contributed by atoms with E-state index in [0.717, 1.165) is 0 Å². The van der Waals surface area contributed by atoms with Crippen molar-refractivity contribution in [2.45, 2.75) is 0 Å². The van der Waals surface area contributed by atoms with Crippen molar-refractivity contribution >= 4 is 17.5 Å². The minimum atomic E-state index is -0.973. The second-order valence-corrected chi connectivity index (χ2v) is 3.46. The van der Waals surface area contributed by atoms with Crippen LogP contribution >= 0.6 is 0 Å². The third-order valence-electron chi connectivity index (χ3n) is 2.23. The lowest BCUT2D eigenvalue weighted by atomic mass is 10.2. The standard InChI is InChI=1S/C12H11N3O3/c1-18-11-6-10(13-7-14-11)15-9-4-2-3-8(5-9)12(16)17/h2-7H,1H3,(H,16,17)(H,13,14,15). The van der Waals surface area contributed by atoms with Crippen molar-refractivity contribution in [2.24, 2.45) is 0 Å². The fourth-order valence-electron chi connectivity index (χ4n) is 1.40. The predicted octanol–water partition coefficient (Wildman–Crippen LogP) is 1.93. The minimum Gasteiger partial charge on any atom is -0.481 e. The largest absolute Gasteiger partial charge is 0.481 e. The van der Waals surface area contributed by atoms with Gasteiger partial charge in [-0.3, -0.25) is 0 Å². The van der Waals surface area contributed by atoms with Gasteiger partial charge in [0.05, 0.1) is 12.7 Å². The van der Waals surface area contributed by atoms with Gasteiger partial charge in [0.25, 0.3) is 0 Å². The van der Waals surface area contributed by atoms with Crippen molar-refractivity contribution in [3.63, 3.8) is 0 Å². The van der Waals surface area contributed by atoms with Crippen LogP contribution in [-0.4, -0.2) is 28.2 Å². The third-order valence-corrected chi connectivity index (χ3v) is 2.23. The van der Waals surface area contributed by atoms with Gasteiger partial charge in [0.15, 0.2) is 0 Å². The first-order valence-corrected chi connectivity index (χ1v) is 5.15. The van der Waals surface area contributed by atoms with Crippen LogP contribution in [0.2, 0.25) is 0 Å². The van der Waals surface area contributed by atoms with Crippen LogP contribution in [0.25, 0.3) is 0 Å². The highest BCUT2D eigenvalue weighted by Crippen LogP contribution is 2.18. The molecule has 0 unspecified atom stereocenters. The average Bonchev–Trinajstić information content (AvgIpc) is 2.39. The summed E-state index contributed by atoms with van der Waals surface area (Å²) in [4.78, 5) is 18.7. The molecule has 1 heterocycles. The Kier molecular flexibility index (Phi) is 3.38. The summed E-state index contributed by atoms with van der Waals surface area (Å²) in [6, 6.07) is 8.07. The van der Waals surface area contributed by atoms with Crippen molar-refractivity contribution in [2.75, 3.05) is 12.4 Å². The van der Waals surface area contributed by atoms with Gasteiger partial charge in [-0.1, -0.05) is 6.07 Å². The van der Waals surface area contributed by atoms with Crippen molar-refractivity contribution in [1.29, 1.82) is 0 Å². The van der Waals surface area contributed by atoms with Crippen molar-refractivity contribution in [3.8, 4) is 5.88 Å². The van der Waals surface area contributed by atoms with Gasteiger partial charge < -0.3 is 15.2 Å². The molecule has 0 spiro atoms. The van der Waals surface area contributed by atoms with E-state index >= 15 is 0 Å². The van der Waals surface area contributed by atoms with Gasteiger partial charge in [-0.25, -0.2) is 14.8 Å². The number of benzene rings is 1. The van der Waals surface area contributed by atoms with Crippen LogP contribution in [0, 0.1) is 0 Å². The summed E-state index contributed by atoms with van der Waals surface area (Å²) in [5, 5.41) is 11.9. The van der Waals surface area contributed by atoms with E-state index in [-0.39, 0.29) is 5.56 Å². The van der Waals surface area contributed by atoms with Gasteiger partial charge in [0.2, 0.25) is 5.88 Å². The number of rotatable bonds is 4. The van der Waals surface area contributed by atoms with E-state index in [1.54, 1.807) is 18.2 Å². The fraction of sp³-hybridized carbons (Fsp3) is 0.0833. The number of anilines is 2. The molecule has 1 aromatic heterocycles. The number of carbonyl (C=O) groups is 1. The molecule has 0 amide bonds. The Hall–Kier alpha value is -2.63. The normalized spacial score (nSPS) is 9.83. The quantitative estimate of drug-likeness (QED) is 0.856. The van der Waals surface area contributed by atoms with Gasteiger partial charge in [0, 0.05) is 11.8 Å². The van der Waals surface area contributed by atoms with Crippen LogP contribution in [0.4, 0.5) is 11.5 Å². The van der Waals surface area contributed by atoms with E-state index < -0.39 is 5.97 Å². The Morgan fingerprint density at radius 3 is 2.89 bits per heavy atom. The molecule has 1 aromatic carbocycles. The van der Waals surface area contributed by atoms with Crippen molar-refractivity contribution in [1.82, 2.24) is 9.97 Å². The van der Waals surface area contributed by atoms with Gasteiger partial charge in [-0.15, -0.1) is 0 Å². The van der Waals surface area contributed by atoms with E-state index in [0.29, 0.717) is 17.4 Å². The summed E-state index contributed by atoms with van der Waals surface area (Å²) < 4.78 is 4.97. The molecule has 0 aliphatic rings. The maximum atomic E-state index is 10.8. The third kappa shape index (κ3) is 2.73. The number of carboxylic acids is 1. The highest BCUT2D eigenvalue weighted by molar-refractivity contribution is 5.89. The molecule has 18 heavy (non-hydrogen) atoms. The Morgan fingerprint density at radius 2 is 2.17 bits per heavy atom. The number of aromatic carboxylic acids is 1. The number of aromatic nitrogens is 2. The van der Waals surface area contributed by atoms with Crippen molar-refractivity contribution < 1.29 is 14.6 Å². The molecule has 0 radical (unpaired) electrons. The van der Waals surface area contributed by atoms with Crippen LogP contribution in [0.3, 0.4) is 0 Å². The lowest BCUT2D eigenvalue weighted by Crippen LogP contribution is -1.99. The molecule has 92 valence electrons. The molecule has 2 N–H and O–H groups in total. The summed E-state index contributed by atoms with van der Waals surface area (Å²) in [5.41, 5.74) is 0.844. The zero-order valence-corrected chi connectivity index (χ0v) is 9.62. The SMILES string of the molecule is COc1cc(Nc2cccc(C(=O)O)c2)ncn1. The number of hydrogen-bond donors (Lipinski definition) is 2. The van der Waals surface area contributed by atoms with Crippen molar-refractivity contribution in [3.05, 3.63) is 42.2 Å². The molecule has 0 aliphatic heterocycles. The first kappa shape index (κ1) is 11.8. The minimum absolute atomic E-state index is 0.209. The molecule has 0 bridgehead atoms. The molecule has 0 fully saturated rings. The first-order chi connectivity index (χ1) is 8.69. The lowest BCUT2D eigenvalue weighted by molar-refractivity contribution is 0.0697. The van der Waals surface area contributed by atoms with E-state index in [4.69, 9.17) is 9.84 Å². The van der Waals surface area contributed by atoms with E-state index in [1.807, 2.05) is 0 Å². The summed E-state index contributed by atoms with van der Waals surface area (Å²) in [7, 11) is 1.51. The van der Waals surface area contributed by atoms with Gasteiger partial charge in [-0.05, 0) is 18.2 Å². The van der Waals surface area contributed by atoms with Crippen LogP contribution in [0.5, 0.6) is 5.88 Å². The summed E-state index contributed by atoms with van der Waals surface area (Å²) in [5.74, 6) is -0.00908. The maximum absolute atomic E-state index is 10.8. The van der Waals surface area contributed by atoms with E-state index in [1.165, 1.54) is 25.6 Å². The van der Waals surface area contributed by atoms with Gasteiger partial charge in [0.1, 0.15) is 12.1 Å². The average molecular weight is 245 g/mol. The molecular formula is C12H11N3O3. The Morgan fingerprint density at radius 1 is 1.33 bits per heavy atom. The predicted molar refractivity (Wildman–Crippen MR) is 65.3 cm³/mol. The second kappa shape index (κ2) is 5.13. The first-order valence-electron chi connectivity index (χ1n) is 5.15. The number of ether oxygens (including phenoxy) is 1. The number of nitrogens with one attached hydrogen (secondary N) is 1. The molecule has 6 heteroatoms. The molecule has 0 atom stereocenters.